The highest BCUT2D eigenvalue weighted by atomic mass is 79.9. The van der Waals surface area contributed by atoms with Crippen molar-refractivity contribution in [1.82, 2.24) is 19.5 Å². The van der Waals surface area contributed by atoms with Crippen molar-refractivity contribution in [3.63, 3.8) is 0 Å². The van der Waals surface area contributed by atoms with E-state index in [2.05, 4.69) is 30.9 Å². The van der Waals surface area contributed by atoms with E-state index in [1.807, 2.05) is 6.92 Å². The summed E-state index contributed by atoms with van der Waals surface area (Å²) >= 11 is 3.40. The smallest absolute Gasteiger partial charge is 0.328 e. The number of imidazole rings is 1. The lowest BCUT2D eigenvalue weighted by atomic mass is 10.2. The maximum Gasteiger partial charge on any atom is 0.328 e. The van der Waals surface area contributed by atoms with Gasteiger partial charge in [-0.3, -0.25) is 4.57 Å². The Morgan fingerprint density at radius 2 is 2.26 bits per heavy atom. The van der Waals surface area contributed by atoms with E-state index in [1.165, 1.54) is 0 Å². The van der Waals surface area contributed by atoms with E-state index in [-0.39, 0.29) is 19.0 Å². The lowest BCUT2D eigenvalue weighted by molar-refractivity contribution is -0.141. The molecule has 0 saturated carbocycles. The summed E-state index contributed by atoms with van der Waals surface area (Å²) in [4.78, 5) is 26.1. The minimum atomic E-state index is -0.939. The summed E-state index contributed by atoms with van der Waals surface area (Å²) in [5.41, 5.74) is 0. The highest BCUT2D eigenvalue weighted by Crippen LogP contribution is 2.27. The first kappa shape index (κ1) is 17.6. The topological polar surface area (TPSA) is 93.4 Å². The Hall–Kier alpha value is -1.71. The van der Waals surface area contributed by atoms with Gasteiger partial charge in [-0.1, -0.05) is 0 Å². The van der Waals surface area contributed by atoms with E-state index < -0.39 is 12.0 Å². The number of carbonyl (C=O) groups is 1. The number of carboxylic acid groups (broad SMARTS) is 1. The Kier molecular flexibility index (Phi) is 5.55. The van der Waals surface area contributed by atoms with Crippen LogP contribution >= 0.6 is 28.3 Å². The maximum absolute atomic E-state index is 11.4. The third-order valence-corrected chi connectivity index (χ3v) is 4.00. The van der Waals surface area contributed by atoms with Gasteiger partial charge >= 0.3 is 5.97 Å². The monoisotopic (exact) mass is 403 g/mol. The van der Waals surface area contributed by atoms with Crippen molar-refractivity contribution in [3.8, 4) is 5.95 Å². The second-order valence-corrected chi connectivity index (χ2v) is 5.66. The van der Waals surface area contributed by atoms with Crippen LogP contribution in [0.5, 0.6) is 0 Å². The quantitative estimate of drug-likeness (QED) is 0.827. The Morgan fingerprint density at radius 3 is 2.91 bits per heavy atom. The number of rotatable bonds is 3. The number of hydrogen-bond acceptors (Lipinski definition) is 6. The molecule has 3 heterocycles. The number of hydrogen-bond donors (Lipinski definition) is 1. The first-order chi connectivity index (χ1) is 10.6. The highest BCUT2D eigenvalue weighted by Gasteiger charge is 2.31. The van der Waals surface area contributed by atoms with Gasteiger partial charge in [0.2, 0.25) is 5.95 Å². The standard InChI is InChI=1S/C13H14BrN5O3.ClH/c1-8-15-2-3-18(8)13-16-6-9(14)11(17-13)19-4-5-22-7-10(19)12(20)21;/h2-3,6,10H,4-5,7H2,1H3,(H,20,21);1H. The maximum atomic E-state index is 11.4. The number of nitrogens with zero attached hydrogens (tertiary/aromatic N) is 5. The van der Waals surface area contributed by atoms with Crippen LogP contribution in [0.25, 0.3) is 5.95 Å². The van der Waals surface area contributed by atoms with Gasteiger partial charge in [0, 0.05) is 25.1 Å². The third-order valence-electron chi connectivity index (χ3n) is 3.44. The molecule has 0 amide bonds. The van der Waals surface area contributed by atoms with Crippen LogP contribution < -0.4 is 4.90 Å². The summed E-state index contributed by atoms with van der Waals surface area (Å²) in [6, 6.07) is -0.767. The van der Waals surface area contributed by atoms with Crippen LogP contribution in [0, 0.1) is 6.92 Å². The Labute approximate surface area is 147 Å². The number of anilines is 1. The minimum absolute atomic E-state index is 0. The molecule has 124 valence electrons. The Balaban J connectivity index is 0.00000192. The van der Waals surface area contributed by atoms with E-state index in [0.29, 0.717) is 29.4 Å². The number of aryl methyl sites for hydroxylation is 1. The van der Waals surface area contributed by atoms with Gasteiger partial charge < -0.3 is 14.7 Å². The molecule has 1 fully saturated rings. The summed E-state index contributed by atoms with van der Waals surface area (Å²) in [6.07, 6.45) is 5.04. The molecule has 10 heteroatoms. The van der Waals surface area contributed by atoms with Crippen molar-refractivity contribution in [2.24, 2.45) is 0 Å². The lowest BCUT2D eigenvalue weighted by Crippen LogP contribution is -2.50. The van der Waals surface area contributed by atoms with Crippen LogP contribution in [0.2, 0.25) is 0 Å². The van der Waals surface area contributed by atoms with Crippen molar-refractivity contribution in [2.45, 2.75) is 13.0 Å². The first-order valence-corrected chi connectivity index (χ1v) is 7.47. The molecule has 1 atom stereocenters. The number of aromatic nitrogens is 4. The van der Waals surface area contributed by atoms with Crippen LogP contribution in [0.15, 0.2) is 23.1 Å². The summed E-state index contributed by atoms with van der Waals surface area (Å²) in [5.74, 6) is 0.799. The molecular formula is C13H15BrClN5O3. The van der Waals surface area contributed by atoms with E-state index in [4.69, 9.17) is 4.74 Å². The number of ether oxygens (including phenoxy) is 1. The van der Waals surface area contributed by atoms with Crippen molar-refractivity contribution in [2.75, 3.05) is 24.7 Å². The second-order valence-electron chi connectivity index (χ2n) is 4.81. The molecule has 1 aliphatic rings. The van der Waals surface area contributed by atoms with Gasteiger partial charge in [-0.2, -0.15) is 4.98 Å². The Morgan fingerprint density at radius 1 is 1.48 bits per heavy atom. The summed E-state index contributed by atoms with van der Waals surface area (Å²) in [6.45, 7) is 2.89. The first-order valence-electron chi connectivity index (χ1n) is 6.68. The molecule has 1 N–H and O–H groups in total. The molecule has 0 spiro atoms. The largest absolute Gasteiger partial charge is 0.480 e. The number of aliphatic carboxylic acids is 1. The molecular weight excluding hydrogens is 390 g/mol. The van der Waals surface area contributed by atoms with Gasteiger partial charge in [-0.05, 0) is 22.9 Å². The van der Waals surface area contributed by atoms with Crippen molar-refractivity contribution >= 4 is 40.1 Å². The molecule has 3 rings (SSSR count). The zero-order valence-corrected chi connectivity index (χ0v) is 14.6. The van der Waals surface area contributed by atoms with Crippen molar-refractivity contribution in [3.05, 3.63) is 28.9 Å². The molecule has 0 aliphatic carbocycles. The molecule has 23 heavy (non-hydrogen) atoms. The molecule has 0 bridgehead atoms. The van der Waals surface area contributed by atoms with Crippen LogP contribution in [0.3, 0.4) is 0 Å². The Bertz CT molecular complexity index is 711. The zero-order chi connectivity index (χ0) is 15.7. The average molecular weight is 405 g/mol. The number of carboxylic acids is 1. The molecule has 1 unspecified atom stereocenters. The fraction of sp³-hybridized carbons (Fsp3) is 0.385. The van der Waals surface area contributed by atoms with E-state index in [0.717, 1.165) is 5.82 Å². The molecule has 2 aromatic heterocycles. The molecule has 0 aromatic carbocycles. The van der Waals surface area contributed by atoms with Gasteiger partial charge in [0.1, 0.15) is 11.6 Å². The van der Waals surface area contributed by atoms with E-state index >= 15 is 0 Å². The van der Waals surface area contributed by atoms with Crippen LogP contribution in [-0.2, 0) is 9.53 Å². The van der Waals surface area contributed by atoms with E-state index in [1.54, 1.807) is 28.1 Å². The molecule has 0 radical (unpaired) electrons. The van der Waals surface area contributed by atoms with Gasteiger partial charge in [-0.15, -0.1) is 12.4 Å². The fourth-order valence-corrected chi connectivity index (χ4v) is 2.74. The normalized spacial score (nSPS) is 17.7. The summed E-state index contributed by atoms with van der Waals surface area (Å²) in [5, 5.41) is 9.36. The van der Waals surface area contributed by atoms with Gasteiger partial charge in [0.25, 0.3) is 0 Å². The predicted molar refractivity (Wildman–Crippen MR) is 88.4 cm³/mol. The summed E-state index contributed by atoms with van der Waals surface area (Å²) in [7, 11) is 0. The molecule has 8 nitrogen and oxygen atoms in total. The highest BCUT2D eigenvalue weighted by molar-refractivity contribution is 9.10. The van der Waals surface area contributed by atoms with Crippen molar-refractivity contribution < 1.29 is 14.6 Å². The fourth-order valence-electron chi connectivity index (χ4n) is 2.32. The SMILES string of the molecule is Cc1nccn1-c1ncc(Br)c(N2CCOCC2C(=O)O)n1.Cl. The third kappa shape index (κ3) is 3.46. The number of halogens is 2. The van der Waals surface area contributed by atoms with Crippen molar-refractivity contribution in [1.29, 1.82) is 0 Å². The van der Waals surface area contributed by atoms with Crippen LogP contribution in [-0.4, -0.2) is 56.4 Å². The number of morpholine rings is 1. The van der Waals surface area contributed by atoms with E-state index in [9.17, 15) is 9.90 Å². The lowest BCUT2D eigenvalue weighted by Gasteiger charge is -2.34. The molecule has 2 aromatic rings. The summed E-state index contributed by atoms with van der Waals surface area (Å²) < 4.78 is 7.64. The predicted octanol–water partition coefficient (Wildman–Crippen LogP) is 1.44. The second kappa shape index (κ2) is 7.24. The van der Waals surface area contributed by atoms with Crippen LogP contribution in [0.4, 0.5) is 5.82 Å². The van der Waals surface area contributed by atoms with Gasteiger partial charge in [0.15, 0.2) is 6.04 Å². The average Bonchev–Trinajstić information content (AvgIpc) is 2.94. The minimum Gasteiger partial charge on any atom is -0.480 e. The molecule has 1 saturated heterocycles. The zero-order valence-electron chi connectivity index (χ0n) is 12.2. The van der Waals surface area contributed by atoms with Gasteiger partial charge in [-0.25, -0.2) is 14.8 Å². The molecule has 1 aliphatic heterocycles. The van der Waals surface area contributed by atoms with Gasteiger partial charge in [0.05, 0.1) is 17.7 Å². The van der Waals surface area contributed by atoms with Crippen LogP contribution in [0.1, 0.15) is 5.82 Å².